The van der Waals surface area contributed by atoms with E-state index in [4.69, 9.17) is 4.42 Å². The number of amides is 1. The molecule has 1 aromatic carbocycles. The van der Waals surface area contributed by atoms with E-state index in [9.17, 15) is 4.79 Å². The molecule has 0 aliphatic rings. The van der Waals surface area contributed by atoms with Crippen LogP contribution in [0.25, 0.3) is 22.9 Å². The molecule has 128 valence electrons. The van der Waals surface area contributed by atoms with Crippen molar-refractivity contribution in [3.8, 4) is 5.82 Å². The predicted octanol–water partition coefficient (Wildman–Crippen LogP) is 3.34. The number of furan rings is 1. The van der Waals surface area contributed by atoms with Crippen molar-refractivity contribution in [3.63, 3.8) is 0 Å². The second-order valence-corrected chi connectivity index (χ2v) is 5.69. The lowest BCUT2D eigenvalue weighted by Crippen LogP contribution is -2.20. The maximum atomic E-state index is 11.8. The van der Waals surface area contributed by atoms with Gasteiger partial charge in [-0.15, -0.1) is 0 Å². The molecule has 4 rings (SSSR count). The standard InChI is InChI=1S/C20H16N4O2/c25-20(10-8-16-4-3-11-26-16)22-13-15-7-9-19(21-12-15)24-14-23-17-5-1-2-6-18(17)24/h1-12,14H,13H2,(H,22,25)/b10-8+. The summed E-state index contributed by atoms with van der Waals surface area (Å²) in [6.07, 6.45) is 8.14. The molecule has 0 fully saturated rings. The summed E-state index contributed by atoms with van der Waals surface area (Å²) in [6, 6.07) is 15.3. The van der Waals surface area contributed by atoms with Crippen LogP contribution in [0, 0.1) is 0 Å². The van der Waals surface area contributed by atoms with Crippen LogP contribution in [0.1, 0.15) is 11.3 Å². The summed E-state index contributed by atoms with van der Waals surface area (Å²) in [4.78, 5) is 20.7. The quantitative estimate of drug-likeness (QED) is 0.564. The van der Waals surface area contributed by atoms with Crippen molar-refractivity contribution >= 4 is 23.0 Å². The van der Waals surface area contributed by atoms with Crippen LogP contribution in [0.4, 0.5) is 0 Å². The van der Waals surface area contributed by atoms with Crippen molar-refractivity contribution in [2.45, 2.75) is 6.54 Å². The van der Waals surface area contributed by atoms with Gasteiger partial charge in [0.1, 0.15) is 17.9 Å². The van der Waals surface area contributed by atoms with E-state index < -0.39 is 0 Å². The monoisotopic (exact) mass is 344 g/mol. The zero-order valence-corrected chi connectivity index (χ0v) is 13.9. The molecule has 4 aromatic rings. The Hall–Kier alpha value is -3.67. The summed E-state index contributed by atoms with van der Waals surface area (Å²) < 4.78 is 7.08. The van der Waals surface area contributed by atoms with Crippen LogP contribution >= 0.6 is 0 Å². The van der Waals surface area contributed by atoms with Gasteiger partial charge in [-0.2, -0.15) is 0 Å². The van der Waals surface area contributed by atoms with Crippen LogP contribution in [0.3, 0.4) is 0 Å². The van der Waals surface area contributed by atoms with E-state index in [-0.39, 0.29) is 5.91 Å². The summed E-state index contributed by atoms with van der Waals surface area (Å²) in [6.45, 7) is 0.402. The number of nitrogens with zero attached hydrogens (tertiary/aromatic N) is 3. The number of nitrogens with one attached hydrogen (secondary N) is 1. The minimum absolute atomic E-state index is 0.189. The van der Waals surface area contributed by atoms with Crippen LogP contribution in [-0.2, 0) is 11.3 Å². The maximum absolute atomic E-state index is 11.8. The fraction of sp³-hybridized carbons (Fsp3) is 0.0500. The van der Waals surface area contributed by atoms with Gasteiger partial charge in [0.15, 0.2) is 0 Å². The molecule has 0 aliphatic carbocycles. The molecule has 0 unspecified atom stereocenters. The van der Waals surface area contributed by atoms with Crippen molar-refractivity contribution in [1.29, 1.82) is 0 Å². The van der Waals surface area contributed by atoms with Crippen molar-refractivity contribution in [2.24, 2.45) is 0 Å². The van der Waals surface area contributed by atoms with Gasteiger partial charge in [-0.25, -0.2) is 9.97 Å². The minimum Gasteiger partial charge on any atom is -0.465 e. The maximum Gasteiger partial charge on any atom is 0.244 e. The second kappa shape index (κ2) is 7.06. The normalized spacial score (nSPS) is 11.2. The van der Waals surface area contributed by atoms with Gasteiger partial charge in [0.25, 0.3) is 0 Å². The number of imidazole rings is 1. The number of aromatic nitrogens is 3. The molecule has 0 atom stereocenters. The Bertz CT molecular complexity index is 1050. The molecule has 1 amide bonds. The number of benzene rings is 1. The number of hydrogen-bond donors (Lipinski definition) is 1. The van der Waals surface area contributed by atoms with Gasteiger partial charge in [-0.05, 0) is 42.0 Å². The third-order valence-corrected chi connectivity index (χ3v) is 3.92. The Labute approximate surface area is 149 Å². The van der Waals surface area contributed by atoms with Crippen LogP contribution < -0.4 is 5.32 Å². The van der Waals surface area contributed by atoms with E-state index in [1.165, 1.54) is 6.08 Å². The number of pyridine rings is 1. The average molecular weight is 344 g/mol. The van der Waals surface area contributed by atoms with E-state index >= 15 is 0 Å². The number of fused-ring (bicyclic) bond motifs is 1. The molecular formula is C20H16N4O2. The highest BCUT2D eigenvalue weighted by molar-refractivity contribution is 5.91. The fourth-order valence-electron chi connectivity index (χ4n) is 2.60. The Kier molecular flexibility index (Phi) is 4.30. The third kappa shape index (κ3) is 3.39. The second-order valence-electron chi connectivity index (χ2n) is 5.69. The molecule has 0 radical (unpaired) electrons. The predicted molar refractivity (Wildman–Crippen MR) is 98.5 cm³/mol. The lowest BCUT2D eigenvalue weighted by molar-refractivity contribution is -0.116. The largest absolute Gasteiger partial charge is 0.465 e. The van der Waals surface area contributed by atoms with E-state index in [0.29, 0.717) is 12.3 Å². The highest BCUT2D eigenvalue weighted by atomic mass is 16.3. The molecule has 1 N–H and O–H groups in total. The van der Waals surface area contributed by atoms with Crippen LogP contribution in [0.15, 0.2) is 77.8 Å². The summed E-state index contributed by atoms with van der Waals surface area (Å²) in [5, 5.41) is 2.82. The zero-order chi connectivity index (χ0) is 17.8. The number of rotatable bonds is 5. The Morgan fingerprint density at radius 2 is 2.04 bits per heavy atom. The van der Waals surface area contributed by atoms with Gasteiger partial charge >= 0.3 is 0 Å². The molecule has 3 aromatic heterocycles. The summed E-state index contributed by atoms with van der Waals surface area (Å²) in [7, 11) is 0. The van der Waals surface area contributed by atoms with Crippen molar-refractivity contribution in [2.75, 3.05) is 0 Å². The van der Waals surface area contributed by atoms with E-state index in [1.807, 2.05) is 41.0 Å². The first-order valence-electron chi connectivity index (χ1n) is 8.16. The lowest BCUT2D eigenvalue weighted by atomic mass is 10.2. The van der Waals surface area contributed by atoms with Crippen LogP contribution in [0.5, 0.6) is 0 Å². The topological polar surface area (TPSA) is 73.0 Å². The Morgan fingerprint density at radius 1 is 1.12 bits per heavy atom. The molecule has 0 bridgehead atoms. The van der Waals surface area contributed by atoms with Gasteiger partial charge in [0, 0.05) is 18.8 Å². The highest BCUT2D eigenvalue weighted by Crippen LogP contribution is 2.16. The van der Waals surface area contributed by atoms with E-state index in [0.717, 1.165) is 22.4 Å². The van der Waals surface area contributed by atoms with Gasteiger partial charge in [-0.1, -0.05) is 18.2 Å². The zero-order valence-electron chi connectivity index (χ0n) is 13.9. The Balaban J connectivity index is 1.41. The molecule has 6 nitrogen and oxygen atoms in total. The fourth-order valence-corrected chi connectivity index (χ4v) is 2.60. The Morgan fingerprint density at radius 3 is 2.85 bits per heavy atom. The molecule has 26 heavy (non-hydrogen) atoms. The molecular weight excluding hydrogens is 328 g/mol. The van der Waals surface area contributed by atoms with Crippen molar-refractivity contribution in [3.05, 3.63) is 84.7 Å². The SMILES string of the molecule is O=C(/C=C/c1ccco1)NCc1ccc(-n2cnc3ccccc32)nc1. The van der Waals surface area contributed by atoms with Crippen LogP contribution in [0.2, 0.25) is 0 Å². The minimum atomic E-state index is -0.189. The number of carbonyl (C=O) groups excluding carboxylic acids is 1. The van der Waals surface area contributed by atoms with Gasteiger partial charge in [0.05, 0.1) is 17.3 Å². The summed E-state index contributed by atoms with van der Waals surface area (Å²) >= 11 is 0. The number of hydrogen-bond acceptors (Lipinski definition) is 4. The number of para-hydroxylation sites is 2. The summed E-state index contributed by atoms with van der Waals surface area (Å²) in [5.74, 6) is 1.23. The average Bonchev–Trinajstić information content (AvgIpc) is 3.35. The van der Waals surface area contributed by atoms with E-state index in [1.54, 1.807) is 37.0 Å². The highest BCUT2D eigenvalue weighted by Gasteiger charge is 2.05. The third-order valence-electron chi connectivity index (χ3n) is 3.92. The van der Waals surface area contributed by atoms with Gasteiger partial charge in [-0.3, -0.25) is 9.36 Å². The smallest absolute Gasteiger partial charge is 0.244 e. The lowest BCUT2D eigenvalue weighted by Gasteiger charge is -2.06. The first kappa shape index (κ1) is 15.8. The van der Waals surface area contributed by atoms with E-state index in [2.05, 4.69) is 15.3 Å². The molecule has 0 aliphatic heterocycles. The van der Waals surface area contributed by atoms with Crippen molar-refractivity contribution < 1.29 is 9.21 Å². The molecule has 6 heteroatoms. The summed E-state index contributed by atoms with van der Waals surface area (Å²) in [5.41, 5.74) is 2.84. The number of carbonyl (C=O) groups is 1. The molecule has 0 saturated carbocycles. The van der Waals surface area contributed by atoms with Gasteiger partial charge < -0.3 is 9.73 Å². The van der Waals surface area contributed by atoms with Crippen LogP contribution in [-0.4, -0.2) is 20.4 Å². The first-order valence-corrected chi connectivity index (χ1v) is 8.16. The molecule has 0 saturated heterocycles. The van der Waals surface area contributed by atoms with Crippen molar-refractivity contribution in [1.82, 2.24) is 19.9 Å². The van der Waals surface area contributed by atoms with Gasteiger partial charge in [0.2, 0.25) is 5.91 Å². The first-order chi connectivity index (χ1) is 12.8. The molecule has 3 heterocycles. The molecule has 0 spiro atoms.